The van der Waals surface area contributed by atoms with E-state index in [0.717, 1.165) is 0 Å². The van der Waals surface area contributed by atoms with Crippen LogP contribution in [0.1, 0.15) is 0 Å². The average molecular weight is 318 g/mol. The first kappa shape index (κ1) is 16.3. The molecule has 122 valence electrons. The summed E-state index contributed by atoms with van der Waals surface area (Å²) in [4.78, 5) is 26.5. The number of aromatic nitrogens is 1. The van der Waals surface area contributed by atoms with Gasteiger partial charge in [-0.1, -0.05) is 0 Å². The molecule has 0 unspecified atom stereocenters. The van der Waals surface area contributed by atoms with E-state index in [9.17, 15) is 22.8 Å². The van der Waals surface area contributed by atoms with Crippen LogP contribution in [0, 0.1) is 0 Å². The minimum Gasteiger partial charge on any atom is -0.322 e. The number of carbonyl (C=O) groups is 1. The first-order chi connectivity index (χ1) is 10.3. The number of hydrogen-bond acceptors (Lipinski definition) is 3. The lowest BCUT2D eigenvalue weighted by Crippen LogP contribution is -2.52. The molecule has 0 aromatic carbocycles. The summed E-state index contributed by atoms with van der Waals surface area (Å²) in [5, 5.41) is 2.50. The molecule has 1 aliphatic heterocycles. The third-order valence-corrected chi connectivity index (χ3v) is 3.43. The second-order valence-electron chi connectivity index (χ2n) is 5.15. The van der Waals surface area contributed by atoms with Crippen LogP contribution in [0.2, 0.25) is 0 Å². The van der Waals surface area contributed by atoms with Gasteiger partial charge in [-0.05, 0) is 12.1 Å². The number of aryl methyl sites for hydroxylation is 1. The lowest BCUT2D eigenvalue weighted by atomic mass is 10.3. The van der Waals surface area contributed by atoms with Crippen molar-refractivity contribution >= 4 is 11.7 Å². The van der Waals surface area contributed by atoms with E-state index in [1.54, 1.807) is 19.3 Å². The van der Waals surface area contributed by atoms with E-state index in [1.165, 1.54) is 20.4 Å². The molecule has 22 heavy (non-hydrogen) atoms. The van der Waals surface area contributed by atoms with Crippen molar-refractivity contribution < 1.29 is 18.0 Å². The monoisotopic (exact) mass is 318 g/mol. The van der Waals surface area contributed by atoms with Gasteiger partial charge in [-0.25, -0.2) is 4.79 Å². The molecule has 1 aromatic rings. The van der Waals surface area contributed by atoms with Gasteiger partial charge in [-0.2, -0.15) is 13.2 Å². The number of amides is 2. The first-order valence-corrected chi connectivity index (χ1v) is 6.77. The van der Waals surface area contributed by atoms with E-state index in [4.69, 9.17) is 0 Å². The van der Waals surface area contributed by atoms with Gasteiger partial charge < -0.3 is 14.8 Å². The molecule has 1 aromatic heterocycles. The topological polar surface area (TPSA) is 57.6 Å². The van der Waals surface area contributed by atoms with Crippen molar-refractivity contribution in [1.29, 1.82) is 0 Å². The third-order valence-electron chi connectivity index (χ3n) is 3.43. The van der Waals surface area contributed by atoms with Crippen molar-refractivity contribution in [2.24, 2.45) is 7.05 Å². The van der Waals surface area contributed by atoms with Crippen molar-refractivity contribution in [3.63, 3.8) is 0 Å². The first-order valence-electron chi connectivity index (χ1n) is 6.77. The highest BCUT2D eigenvalue weighted by molar-refractivity contribution is 5.89. The Bertz CT molecular complexity index is 592. The Morgan fingerprint density at radius 2 is 1.91 bits per heavy atom. The Labute approximate surface area is 125 Å². The summed E-state index contributed by atoms with van der Waals surface area (Å²) in [6, 6.07) is 2.63. The summed E-state index contributed by atoms with van der Waals surface area (Å²) in [7, 11) is 1.56. The molecule has 1 aliphatic rings. The summed E-state index contributed by atoms with van der Waals surface area (Å²) >= 11 is 0. The summed E-state index contributed by atoms with van der Waals surface area (Å²) in [5.41, 5.74) is -0.195. The molecule has 2 rings (SSSR count). The quantitative estimate of drug-likeness (QED) is 0.888. The van der Waals surface area contributed by atoms with E-state index in [0.29, 0.717) is 0 Å². The highest BCUT2D eigenvalue weighted by atomic mass is 19.4. The van der Waals surface area contributed by atoms with E-state index in [-0.39, 0.29) is 37.4 Å². The van der Waals surface area contributed by atoms with Gasteiger partial charge in [0.25, 0.3) is 5.56 Å². The number of halogens is 3. The second-order valence-corrected chi connectivity index (χ2v) is 5.15. The zero-order chi connectivity index (χ0) is 16.3. The number of urea groups is 1. The van der Waals surface area contributed by atoms with Crippen LogP contribution in [0.5, 0.6) is 0 Å². The fourth-order valence-corrected chi connectivity index (χ4v) is 2.25. The van der Waals surface area contributed by atoms with Crippen LogP contribution < -0.4 is 10.9 Å². The van der Waals surface area contributed by atoms with Crippen LogP contribution in [0.4, 0.5) is 23.7 Å². The van der Waals surface area contributed by atoms with Crippen LogP contribution in [-0.2, 0) is 7.05 Å². The fourth-order valence-electron chi connectivity index (χ4n) is 2.25. The number of anilines is 1. The van der Waals surface area contributed by atoms with Crippen molar-refractivity contribution in [3.8, 4) is 0 Å². The number of alkyl halides is 3. The molecule has 2 amide bonds. The Morgan fingerprint density at radius 1 is 1.27 bits per heavy atom. The van der Waals surface area contributed by atoms with Crippen LogP contribution >= 0.6 is 0 Å². The molecule has 2 heterocycles. The summed E-state index contributed by atoms with van der Waals surface area (Å²) < 4.78 is 38.2. The fraction of sp³-hybridized carbons (Fsp3) is 0.538. The normalized spacial score (nSPS) is 16.6. The number of piperazine rings is 1. The molecule has 0 aliphatic carbocycles. The number of rotatable bonds is 2. The predicted molar refractivity (Wildman–Crippen MR) is 74.8 cm³/mol. The Morgan fingerprint density at radius 3 is 2.50 bits per heavy atom. The number of carbonyl (C=O) groups excluding carboxylic acids is 1. The molecular formula is C13H17F3N4O2. The maximum atomic E-state index is 12.3. The van der Waals surface area contributed by atoms with E-state index in [1.807, 2.05) is 0 Å². The predicted octanol–water partition coefficient (Wildman–Crippen LogP) is 1.10. The van der Waals surface area contributed by atoms with E-state index >= 15 is 0 Å². The standard InChI is InChI=1S/C13H17F3N4O2/c1-18-4-2-3-10(11(18)21)17-12(22)20-7-5-19(6-8-20)9-13(14,15)16/h2-4H,5-9H2,1H3,(H,17,22). The van der Waals surface area contributed by atoms with Gasteiger partial charge in [0, 0.05) is 39.4 Å². The number of pyridine rings is 1. The summed E-state index contributed by atoms with van der Waals surface area (Å²) in [6.07, 6.45) is -2.67. The highest BCUT2D eigenvalue weighted by Gasteiger charge is 2.32. The highest BCUT2D eigenvalue weighted by Crippen LogP contribution is 2.17. The van der Waals surface area contributed by atoms with Gasteiger partial charge in [-0.3, -0.25) is 9.69 Å². The minimum atomic E-state index is -4.24. The lowest BCUT2D eigenvalue weighted by molar-refractivity contribution is -0.148. The number of nitrogens with zero attached hydrogens (tertiary/aromatic N) is 3. The van der Waals surface area contributed by atoms with E-state index < -0.39 is 18.8 Å². The molecule has 0 spiro atoms. The molecule has 1 saturated heterocycles. The number of hydrogen-bond donors (Lipinski definition) is 1. The minimum absolute atomic E-state index is 0.146. The SMILES string of the molecule is Cn1cccc(NC(=O)N2CCN(CC(F)(F)F)CC2)c1=O. The number of nitrogens with one attached hydrogen (secondary N) is 1. The van der Waals surface area contributed by atoms with Crippen molar-refractivity contribution in [2.45, 2.75) is 6.18 Å². The van der Waals surface area contributed by atoms with E-state index in [2.05, 4.69) is 5.32 Å². The van der Waals surface area contributed by atoms with Crippen LogP contribution in [0.3, 0.4) is 0 Å². The average Bonchev–Trinajstić information content (AvgIpc) is 2.43. The molecule has 0 radical (unpaired) electrons. The molecular weight excluding hydrogens is 301 g/mol. The van der Waals surface area contributed by atoms with Crippen molar-refractivity contribution in [2.75, 3.05) is 38.0 Å². The maximum absolute atomic E-state index is 12.3. The molecule has 1 N–H and O–H groups in total. The molecule has 0 bridgehead atoms. The van der Waals surface area contributed by atoms with Gasteiger partial charge in [-0.15, -0.1) is 0 Å². The van der Waals surface area contributed by atoms with Gasteiger partial charge in [0.1, 0.15) is 5.69 Å². The summed E-state index contributed by atoms with van der Waals surface area (Å²) in [6.45, 7) is -0.286. The summed E-state index contributed by atoms with van der Waals surface area (Å²) in [5.74, 6) is 0. The Balaban J connectivity index is 1.90. The zero-order valence-corrected chi connectivity index (χ0v) is 12.1. The van der Waals surface area contributed by atoms with Gasteiger partial charge in [0.2, 0.25) is 0 Å². The molecule has 0 atom stereocenters. The third kappa shape index (κ3) is 4.23. The van der Waals surface area contributed by atoms with Crippen LogP contribution in [-0.4, -0.2) is 59.3 Å². The van der Waals surface area contributed by atoms with Gasteiger partial charge >= 0.3 is 12.2 Å². The Kier molecular flexibility index (Phi) is 4.74. The second kappa shape index (κ2) is 6.39. The van der Waals surface area contributed by atoms with Gasteiger partial charge in [0.05, 0.1) is 6.54 Å². The van der Waals surface area contributed by atoms with Crippen LogP contribution in [0.25, 0.3) is 0 Å². The molecule has 6 nitrogen and oxygen atoms in total. The van der Waals surface area contributed by atoms with Crippen molar-refractivity contribution in [3.05, 3.63) is 28.7 Å². The molecule has 0 saturated carbocycles. The van der Waals surface area contributed by atoms with Gasteiger partial charge in [0.15, 0.2) is 0 Å². The zero-order valence-electron chi connectivity index (χ0n) is 12.1. The van der Waals surface area contributed by atoms with Crippen molar-refractivity contribution in [1.82, 2.24) is 14.4 Å². The smallest absolute Gasteiger partial charge is 0.322 e. The molecule has 9 heteroatoms. The largest absolute Gasteiger partial charge is 0.401 e. The Hall–Kier alpha value is -2.03. The van der Waals surface area contributed by atoms with Crippen LogP contribution in [0.15, 0.2) is 23.1 Å². The maximum Gasteiger partial charge on any atom is 0.401 e. The lowest BCUT2D eigenvalue weighted by Gasteiger charge is -2.34. The molecule has 1 fully saturated rings.